The van der Waals surface area contributed by atoms with Gasteiger partial charge in [-0.25, -0.2) is 0 Å². The molecule has 3 aromatic heterocycles. The second kappa shape index (κ2) is 9.98. The molecule has 4 aromatic rings. The summed E-state index contributed by atoms with van der Waals surface area (Å²) in [6.07, 6.45) is 7.55. The molecule has 2 atom stereocenters. The second-order valence-corrected chi connectivity index (χ2v) is 9.40. The van der Waals surface area contributed by atoms with E-state index in [1.165, 1.54) is 0 Å². The maximum atomic E-state index is 13.4. The lowest BCUT2D eigenvalue weighted by Gasteiger charge is -2.43. The molecule has 180 valence electrons. The van der Waals surface area contributed by atoms with Crippen LogP contribution in [0, 0.1) is 6.92 Å². The van der Waals surface area contributed by atoms with Crippen molar-refractivity contribution in [3.63, 3.8) is 0 Å². The number of hydrogen-bond acceptors (Lipinski definition) is 6. The van der Waals surface area contributed by atoms with E-state index >= 15 is 0 Å². The van der Waals surface area contributed by atoms with Gasteiger partial charge >= 0.3 is 0 Å². The van der Waals surface area contributed by atoms with Crippen molar-refractivity contribution in [2.24, 2.45) is 7.05 Å². The van der Waals surface area contributed by atoms with E-state index in [1.54, 1.807) is 6.20 Å². The van der Waals surface area contributed by atoms with E-state index < -0.39 is 6.10 Å². The van der Waals surface area contributed by atoms with Crippen molar-refractivity contribution in [2.75, 3.05) is 18.0 Å². The molecule has 1 aromatic carbocycles. The number of benzene rings is 1. The average Bonchev–Trinajstić information content (AvgIpc) is 2.87. The van der Waals surface area contributed by atoms with Gasteiger partial charge in [-0.1, -0.05) is 12.1 Å². The molecule has 0 amide bonds. The zero-order valence-corrected chi connectivity index (χ0v) is 20.2. The molecule has 35 heavy (non-hydrogen) atoms. The topological polar surface area (TPSA) is 74.5 Å². The third kappa shape index (κ3) is 4.97. The Morgan fingerprint density at radius 1 is 1.11 bits per heavy atom. The minimum atomic E-state index is -0.491. The lowest BCUT2D eigenvalue weighted by Crippen LogP contribution is -2.55. The Labute approximate surface area is 205 Å². The number of rotatable bonds is 6. The predicted molar refractivity (Wildman–Crippen MR) is 138 cm³/mol. The summed E-state index contributed by atoms with van der Waals surface area (Å²) in [5.74, 6) is 0. The zero-order valence-electron chi connectivity index (χ0n) is 20.2. The number of aliphatic hydroxyl groups excluding tert-OH is 1. The number of para-hydroxylation sites is 1. The van der Waals surface area contributed by atoms with Gasteiger partial charge in [-0.3, -0.25) is 19.7 Å². The van der Waals surface area contributed by atoms with Crippen molar-refractivity contribution < 1.29 is 5.11 Å². The lowest BCUT2D eigenvalue weighted by molar-refractivity contribution is 0.0267. The van der Waals surface area contributed by atoms with Crippen molar-refractivity contribution in [3.05, 3.63) is 100 Å². The van der Waals surface area contributed by atoms with Crippen LogP contribution in [0.1, 0.15) is 23.2 Å². The van der Waals surface area contributed by atoms with Crippen LogP contribution in [-0.2, 0) is 20.1 Å². The molecule has 7 heteroatoms. The minimum absolute atomic E-state index is 0.0454. The molecule has 7 nitrogen and oxygen atoms in total. The highest BCUT2D eigenvalue weighted by molar-refractivity contribution is 5.79. The summed E-state index contributed by atoms with van der Waals surface area (Å²) in [6.45, 7) is 4.46. The molecule has 0 aliphatic carbocycles. The maximum Gasteiger partial charge on any atom is 0.193 e. The fraction of sp³-hybridized carbons (Fsp3) is 0.321. The summed E-state index contributed by atoms with van der Waals surface area (Å²) in [5, 5.41) is 11.8. The fourth-order valence-corrected chi connectivity index (χ4v) is 5.12. The SMILES string of the molecule is Cc1cc(CN(Cc2cn(C)c3ccccc3c2=O)[C@@H]2CN(c3cccnc3)CCC2O)ccn1. The normalized spacial score (nSPS) is 18.3. The fourth-order valence-electron chi connectivity index (χ4n) is 5.12. The number of anilines is 1. The molecule has 1 aliphatic rings. The van der Waals surface area contributed by atoms with Gasteiger partial charge in [-0.05, 0) is 55.3 Å². The maximum absolute atomic E-state index is 13.4. The van der Waals surface area contributed by atoms with Crippen LogP contribution in [-0.4, -0.2) is 49.8 Å². The third-order valence-corrected chi connectivity index (χ3v) is 6.92. The van der Waals surface area contributed by atoms with Gasteiger partial charge in [-0.2, -0.15) is 0 Å². The molecule has 1 N–H and O–H groups in total. The van der Waals surface area contributed by atoms with Gasteiger partial charge in [0.15, 0.2) is 5.43 Å². The number of aromatic nitrogens is 3. The van der Waals surface area contributed by atoms with Crippen molar-refractivity contribution in [2.45, 2.75) is 38.6 Å². The van der Waals surface area contributed by atoms with Crippen LogP contribution in [0.15, 0.2) is 78.1 Å². The van der Waals surface area contributed by atoms with E-state index in [2.05, 4.69) is 31.9 Å². The number of piperidine rings is 1. The van der Waals surface area contributed by atoms with Crippen LogP contribution in [0.4, 0.5) is 5.69 Å². The van der Waals surface area contributed by atoms with E-state index in [0.717, 1.165) is 34.6 Å². The summed E-state index contributed by atoms with van der Waals surface area (Å²) >= 11 is 0. The number of hydrogen-bond donors (Lipinski definition) is 1. The highest BCUT2D eigenvalue weighted by Crippen LogP contribution is 2.25. The number of aryl methyl sites for hydroxylation is 2. The molecule has 1 fully saturated rings. The number of aliphatic hydroxyl groups is 1. The molecular weight excluding hydrogens is 438 g/mol. The van der Waals surface area contributed by atoms with Gasteiger partial charge in [0, 0.05) is 68.5 Å². The van der Waals surface area contributed by atoms with E-state index in [4.69, 9.17) is 0 Å². The van der Waals surface area contributed by atoms with Gasteiger partial charge < -0.3 is 14.6 Å². The number of fused-ring (bicyclic) bond motifs is 1. The second-order valence-electron chi connectivity index (χ2n) is 9.40. The van der Waals surface area contributed by atoms with E-state index in [0.29, 0.717) is 31.4 Å². The first-order valence-corrected chi connectivity index (χ1v) is 12.1. The Morgan fingerprint density at radius 3 is 2.77 bits per heavy atom. The molecule has 0 bridgehead atoms. The largest absolute Gasteiger partial charge is 0.391 e. The zero-order chi connectivity index (χ0) is 24.4. The van der Waals surface area contributed by atoms with E-state index in [-0.39, 0.29) is 11.5 Å². The van der Waals surface area contributed by atoms with Crippen LogP contribution in [0.5, 0.6) is 0 Å². The molecule has 5 rings (SSSR count). The van der Waals surface area contributed by atoms with E-state index in [1.807, 2.05) is 73.5 Å². The summed E-state index contributed by atoms with van der Waals surface area (Å²) < 4.78 is 2.01. The highest BCUT2D eigenvalue weighted by Gasteiger charge is 2.33. The van der Waals surface area contributed by atoms with Crippen LogP contribution < -0.4 is 10.3 Å². The van der Waals surface area contributed by atoms with Gasteiger partial charge in [0.1, 0.15) is 0 Å². The Balaban J connectivity index is 1.51. The van der Waals surface area contributed by atoms with Gasteiger partial charge in [0.25, 0.3) is 0 Å². The first-order valence-electron chi connectivity index (χ1n) is 12.1. The lowest BCUT2D eigenvalue weighted by atomic mass is 9.98. The molecular formula is C28H31N5O2. The first kappa shape index (κ1) is 23.2. The number of pyridine rings is 3. The Kier molecular flexibility index (Phi) is 6.61. The van der Waals surface area contributed by atoms with Crippen molar-refractivity contribution in [1.29, 1.82) is 0 Å². The van der Waals surface area contributed by atoms with Crippen molar-refractivity contribution >= 4 is 16.6 Å². The van der Waals surface area contributed by atoms with Crippen LogP contribution in [0.2, 0.25) is 0 Å². The molecule has 1 aliphatic heterocycles. The summed E-state index contributed by atoms with van der Waals surface area (Å²) in [6, 6.07) is 15.6. The average molecular weight is 470 g/mol. The molecule has 0 spiro atoms. The van der Waals surface area contributed by atoms with Gasteiger partial charge in [-0.15, -0.1) is 0 Å². The quantitative estimate of drug-likeness (QED) is 0.467. The minimum Gasteiger partial charge on any atom is -0.391 e. The summed E-state index contributed by atoms with van der Waals surface area (Å²) in [5.41, 5.74) is 4.79. The Bertz CT molecular complexity index is 1370. The summed E-state index contributed by atoms with van der Waals surface area (Å²) in [7, 11) is 1.97. The third-order valence-electron chi connectivity index (χ3n) is 6.92. The van der Waals surface area contributed by atoms with Crippen LogP contribution in [0.25, 0.3) is 10.9 Å². The Morgan fingerprint density at radius 2 is 1.97 bits per heavy atom. The van der Waals surface area contributed by atoms with Gasteiger partial charge in [0.05, 0.1) is 29.5 Å². The molecule has 1 saturated heterocycles. The number of nitrogens with zero attached hydrogens (tertiary/aromatic N) is 5. The van der Waals surface area contributed by atoms with E-state index in [9.17, 15) is 9.90 Å². The molecule has 0 saturated carbocycles. The molecule has 1 unspecified atom stereocenters. The predicted octanol–water partition coefficient (Wildman–Crippen LogP) is 3.28. The standard InChI is InChI=1S/C28H31N5O2/c1-20-14-21(9-12-30-20)16-33(18-22-17-31(2)25-8-4-3-7-24(25)28(22)35)26-19-32(13-10-27(26)34)23-6-5-11-29-15-23/h3-9,11-12,14-15,17,26-27,34H,10,13,16,18-19H2,1-2H3/t26-,27?/m1/s1. The van der Waals surface area contributed by atoms with Crippen LogP contribution in [0.3, 0.4) is 0 Å². The smallest absolute Gasteiger partial charge is 0.193 e. The van der Waals surface area contributed by atoms with Crippen LogP contribution >= 0.6 is 0 Å². The van der Waals surface area contributed by atoms with Crippen molar-refractivity contribution in [3.8, 4) is 0 Å². The Hall–Kier alpha value is -3.55. The monoisotopic (exact) mass is 469 g/mol. The van der Waals surface area contributed by atoms with Gasteiger partial charge in [0.2, 0.25) is 0 Å². The summed E-state index contributed by atoms with van der Waals surface area (Å²) in [4.78, 5) is 26.6. The molecule has 4 heterocycles. The van der Waals surface area contributed by atoms with Crippen molar-refractivity contribution in [1.82, 2.24) is 19.4 Å². The highest BCUT2D eigenvalue weighted by atomic mass is 16.3. The first-order chi connectivity index (χ1) is 17.0. The molecule has 0 radical (unpaired) electrons.